The van der Waals surface area contributed by atoms with Gasteiger partial charge in [-0.05, 0) is 56.2 Å². The Labute approximate surface area is 223 Å². The number of nitrogens with zero attached hydrogens (tertiary/aromatic N) is 7. The summed E-state index contributed by atoms with van der Waals surface area (Å²) in [6.45, 7) is 8.01. The van der Waals surface area contributed by atoms with Gasteiger partial charge in [-0.1, -0.05) is 6.58 Å². The minimum absolute atomic E-state index is 0.0637. The Morgan fingerprint density at radius 3 is 2.90 bits per heavy atom. The van der Waals surface area contributed by atoms with E-state index in [1.165, 1.54) is 24.8 Å². The quantitative estimate of drug-likeness (QED) is 0.311. The number of anilines is 2. The third-order valence-corrected chi connectivity index (χ3v) is 6.95. The maximum Gasteiger partial charge on any atom is 0.246 e. The Balaban J connectivity index is 1.27. The minimum Gasteiger partial charge on any atom is -0.457 e. The third-order valence-electron chi connectivity index (χ3n) is 6.95. The normalized spacial score (nSPS) is 17.1. The van der Waals surface area contributed by atoms with Crippen molar-refractivity contribution >= 4 is 34.1 Å². The Morgan fingerprint density at radius 2 is 2.05 bits per heavy atom. The van der Waals surface area contributed by atoms with Gasteiger partial charge in [-0.2, -0.15) is 5.10 Å². The van der Waals surface area contributed by atoms with Crippen molar-refractivity contribution in [2.24, 2.45) is 0 Å². The number of likely N-dealkylation sites (tertiary alicyclic amines) is 1. The third kappa shape index (κ3) is 4.63. The molecule has 0 saturated carbocycles. The summed E-state index contributed by atoms with van der Waals surface area (Å²) in [6, 6.07) is 10.3. The highest BCUT2D eigenvalue weighted by molar-refractivity contribution is 5.88. The molecule has 1 unspecified atom stereocenters. The molecule has 0 radical (unpaired) electrons. The average molecular weight is 525 g/mol. The molecule has 39 heavy (non-hydrogen) atoms. The van der Waals surface area contributed by atoms with Crippen molar-refractivity contribution in [1.82, 2.24) is 34.4 Å². The van der Waals surface area contributed by atoms with Crippen LogP contribution in [0.1, 0.15) is 30.5 Å². The van der Waals surface area contributed by atoms with Crippen molar-refractivity contribution in [3.05, 3.63) is 85.0 Å². The lowest BCUT2D eigenvalue weighted by atomic mass is 10.0. The molecule has 11 heteroatoms. The molecular formula is C28H25FN8O2. The van der Waals surface area contributed by atoms with E-state index in [-0.39, 0.29) is 23.6 Å². The van der Waals surface area contributed by atoms with E-state index in [0.29, 0.717) is 40.5 Å². The van der Waals surface area contributed by atoms with Gasteiger partial charge in [0.25, 0.3) is 0 Å². The largest absolute Gasteiger partial charge is 0.457 e. The molecule has 4 aromatic heterocycles. The number of halogens is 1. The lowest BCUT2D eigenvalue weighted by Crippen LogP contribution is -2.32. The highest BCUT2D eigenvalue weighted by atomic mass is 19.1. The molecule has 1 saturated heterocycles. The highest BCUT2D eigenvalue weighted by Gasteiger charge is 2.33. The molecule has 0 aliphatic carbocycles. The molecule has 1 fully saturated rings. The molecule has 1 aliphatic heterocycles. The van der Waals surface area contributed by atoms with Crippen LogP contribution in [0.5, 0.6) is 11.5 Å². The zero-order chi connectivity index (χ0) is 27.1. The summed E-state index contributed by atoms with van der Waals surface area (Å²) in [5.41, 5.74) is 3.56. The van der Waals surface area contributed by atoms with Crippen LogP contribution in [0, 0.1) is 12.7 Å². The van der Waals surface area contributed by atoms with Crippen LogP contribution in [0.4, 0.5) is 15.9 Å². The van der Waals surface area contributed by atoms with Gasteiger partial charge >= 0.3 is 0 Å². The van der Waals surface area contributed by atoms with Gasteiger partial charge in [0.05, 0.1) is 11.2 Å². The first-order chi connectivity index (χ1) is 18.9. The molecule has 1 N–H and O–H groups in total. The van der Waals surface area contributed by atoms with E-state index in [4.69, 9.17) is 9.72 Å². The van der Waals surface area contributed by atoms with Gasteiger partial charge in [0.2, 0.25) is 5.91 Å². The van der Waals surface area contributed by atoms with E-state index >= 15 is 4.39 Å². The first-order valence-corrected chi connectivity index (χ1v) is 12.5. The van der Waals surface area contributed by atoms with E-state index in [0.717, 1.165) is 17.7 Å². The van der Waals surface area contributed by atoms with Crippen molar-refractivity contribution in [2.45, 2.75) is 32.2 Å². The predicted molar refractivity (Wildman–Crippen MR) is 144 cm³/mol. The van der Waals surface area contributed by atoms with Crippen LogP contribution in [0.3, 0.4) is 0 Å². The summed E-state index contributed by atoms with van der Waals surface area (Å²) in [5, 5.41) is 7.15. The molecule has 10 nitrogen and oxygen atoms in total. The number of hydrogen-bond donors (Lipinski definition) is 1. The molecule has 2 atom stereocenters. The molecule has 5 aromatic rings. The summed E-state index contributed by atoms with van der Waals surface area (Å²) < 4.78 is 22.8. The fourth-order valence-electron chi connectivity index (χ4n) is 4.93. The number of pyridine rings is 2. The zero-order valence-corrected chi connectivity index (χ0v) is 21.4. The zero-order valence-electron chi connectivity index (χ0n) is 21.4. The van der Waals surface area contributed by atoms with E-state index in [1.807, 2.05) is 26.0 Å². The van der Waals surface area contributed by atoms with E-state index in [2.05, 4.69) is 31.9 Å². The number of aryl methyl sites for hydroxylation is 1. The van der Waals surface area contributed by atoms with Gasteiger partial charge < -0.3 is 15.0 Å². The number of hydrogen-bond acceptors (Lipinski definition) is 8. The summed E-state index contributed by atoms with van der Waals surface area (Å²) in [5.74, 6) is 0.750. The summed E-state index contributed by atoms with van der Waals surface area (Å²) >= 11 is 0. The SMILES string of the molecule is C=CC(=O)N1CC(c2ccc3ncnc(Nc4cc(C)c(Oc5ccn6ncnc6c5)cc4F)c3n2)C[C@H]1C. The van der Waals surface area contributed by atoms with Crippen LogP contribution in [0.2, 0.25) is 0 Å². The second-order valence-corrected chi connectivity index (χ2v) is 9.55. The molecule has 5 heterocycles. The lowest BCUT2D eigenvalue weighted by molar-refractivity contribution is -0.126. The molecular weight excluding hydrogens is 499 g/mol. The van der Waals surface area contributed by atoms with Gasteiger partial charge in [-0.3, -0.25) is 4.79 Å². The van der Waals surface area contributed by atoms with Crippen LogP contribution >= 0.6 is 0 Å². The highest BCUT2D eigenvalue weighted by Crippen LogP contribution is 2.34. The van der Waals surface area contributed by atoms with Gasteiger partial charge in [0.15, 0.2) is 11.5 Å². The fraction of sp³-hybridized carbons (Fsp3) is 0.214. The summed E-state index contributed by atoms with van der Waals surface area (Å²) in [4.78, 5) is 31.7. The molecule has 0 spiro atoms. The average Bonchev–Trinajstić information content (AvgIpc) is 3.57. The van der Waals surface area contributed by atoms with Gasteiger partial charge in [-0.25, -0.2) is 28.8 Å². The van der Waals surface area contributed by atoms with Gasteiger partial charge in [-0.15, -0.1) is 0 Å². The number of fused-ring (bicyclic) bond motifs is 2. The minimum atomic E-state index is -0.509. The van der Waals surface area contributed by atoms with E-state index in [1.54, 1.807) is 33.8 Å². The van der Waals surface area contributed by atoms with Crippen molar-refractivity contribution in [2.75, 3.05) is 11.9 Å². The lowest BCUT2D eigenvalue weighted by Gasteiger charge is -2.19. The number of benzene rings is 1. The predicted octanol–water partition coefficient (Wildman–Crippen LogP) is 4.94. The van der Waals surface area contributed by atoms with Crippen LogP contribution in [-0.4, -0.2) is 52.9 Å². The van der Waals surface area contributed by atoms with Gasteiger partial charge in [0.1, 0.15) is 35.5 Å². The van der Waals surface area contributed by atoms with E-state index < -0.39 is 5.82 Å². The Hall–Kier alpha value is -4.93. The standard InChI is InChI=1S/C28H25FN8O2/c1-4-26(38)36-13-18(10-17(36)3)21-5-6-22-27(34-21)28(32-14-30-22)35-23-9-16(2)24(12-20(23)29)39-19-7-8-37-25(11-19)31-15-33-37/h4-9,11-12,14-15,17-18H,1,10,13H2,2-3H3,(H,30,32,35)/t17-,18?/m1/s1. The van der Waals surface area contributed by atoms with Crippen LogP contribution < -0.4 is 10.1 Å². The molecule has 1 amide bonds. The second kappa shape index (κ2) is 9.75. The molecule has 196 valence electrons. The molecule has 1 aliphatic rings. The molecule has 0 bridgehead atoms. The Kier molecular flexibility index (Phi) is 6.10. The first kappa shape index (κ1) is 24.4. The van der Waals surface area contributed by atoms with Crippen LogP contribution in [0.15, 0.2) is 67.9 Å². The fourth-order valence-corrected chi connectivity index (χ4v) is 4.93. The Morgan fingerprint density at radius 1 is 1.18 bits per heavy atom. The van der Waals surface area contributed by atoms with Gasteiger partial charge in [0, 0.05) is 42.5 Å². The number of carbonyl (C=O) groups excluding carboxylic acids is 1. The number of ether oxygens (including phenoxy) is 1. The van der Waals surface area contributed by atoms with Crippen molar-refractivity contribution in [3.63, 3.8) is 0 Å². The van der Waals surface area contributed by atoms with E-state index in [9.17, 15) is 4.79 Å². The smallest absolute Gasteiger partial charge is 0.246 e. The van der Waals surface area contributed by atoms with Crippen molar-refractivity contribution in [3.8, 4) is 11.5 Å². The summed E-state index contributed by atoms with van der Waals surface area (Å²) in [6.07, 6.45) is 6.71. The summed E-state index contributed by atoms with van der Waals surface area (Å²) in [7, 11) is 0. The molecule has 6 rings (SSSR count). The first-order valence-electron chi connectivity index (χ1n) is 12.5. The van der Waals surface area contributed by atoms with Crippen LogP contribution in [0.25, 0.3) is 16.7 Å². The van der Waals surface area contributed by atoms with Crippen molar-refractivity contribution in [1.29, 1.82) is 0 Å². The number of rotatable bonds is 6. The number of nitrogens with one attached hydrogen (secondary N) is 1. The maximum atomic E-state index is 15.3. The second-order valence-electron chi connectivity index (χ2n) is 9.55. The van der Waals surface area contributed by atoms with Crippen LogP contribution in [-0.2, 0) is 4.79 Å². The Bertz CT molecular complexity index is 1740. The molecule has 1 aromatic carbocycles. The maximum absolute atomic E-state index is 15.3. The number of aromatic nitrogens is 6. The van der Waals surface area contributed by atoms with Crippen molar-refractivity contribution < 1.29 is 13.9 Å². The number of carbonyl (C=O) groups is 1. The number of amides is 1. The topological polar surface area (TPSA) is 110 Å². The monoisotopic (exact) mass is 524 g/mol.